The number of hydrogen-bond donors (Lipinski definition) is 0. The van der Waals surface area contributed by atoms with E-state index in [4.69, 9.17) is 9.15 Å². The fourth-order valence-electron chi connectivity index (χ4n) is 8.18. The molecule has 0 bridgehead atoms. The molecule has 1 saturated heterocycles. The number of allylic oxidation sites excluding steroid dienone is 6. The summed E-state index contributed by atoms with van der Waals surface area (Å²) in [7, 11) is 0. The Morgan fingerprint density at radius 1 is 0.500 bits per heavy atom. The average Bonchev–Trinajstić information content (AvgIpc) is 3.72. The summed E-state index contributed by atoms with van der Waals surface area (Å²) < 4.78 is 12.9. The summed E-state index contributed by atoms with van der Waals surface area (Å²) in [6.07, 6.45) is 15.3. The summed E-state index contributed by atoms with van der Waals surface area (Å²) in [5.74, 6) is 2.74. The molecule has 4 unspecified atom stereocenters. The van der Waals surface area contributed by atoms with Crippen LogP contribution >= 0.6 is 0 Å². The molecule has 10 rings (SSSR count). The number of furan rings is 1. The predicted octanol–water partition coefficient (Wildman–Crippen LogP) is 11.5. The van der Waals surface area contributed by atoms with Crippen LogP contribution in [0.2, 0.25) is 0 Å². The Kier molecular flexibility index (Phi) is 5.56. The van der Waals surface area contributed by atoms with Crippen molar-refractivity contribution in [2.45, 2.75) is 12.0 Å². The second-order valence-electron chi connectivity index (χ2n) is 12.7. The summed E-state index contributed by atoms with van der Waals surface area (Å²) in [5.41, 5.74) is 5.89. The van der Waals surface area contributed by atoms with Gasteiger partial charge in [-0.25, -0.2) is 0 Å². The van der Waals surface area contributed by atoms with Crippen molar-refractivity contribution in [2.24, 2.45) is 11.8 Å². The van der Waals surface area contributed by atoms with Gasteiger partial charge in [0.05, 0.1) is 0 Å². The van der Waals surface area contributed by atoms with Crippen molar-refractivity contribution in [3.63, 3.8) is 0 Å². The number of hydrogen-bond acceptors (Lipinski definition) is 2. The maximum absolute atomic E-state index is 6.60. The van der Waals surface area contributed by atoms with Crippen molar-refractivity contribution in [1.29, 1.82) is 0 Å². The van der Waals surface area contributed by atoms with E-state index in [1.54, 1.807) is 0 Å². The van der Waals surface area contributed by atoms with Gasteiger partial charge < -0.3 is 9.15 Å². The van der Waals surface area contributed by atoms with Crippen molar-refractivity contribution in [1.82, 2.24) is 0 Å². The summed E-state index contributed by atoms with van der Waals surface area (Å²) in [5, 5.41) is 8.66. The van der Waals surface area contributed by atoms with Gasteiger partial charge in [-0.15, -0.1) is 0 Å². The summed E-state index contributed by atoms with van der Waals surface area (Å²) in [6.45, 7) is 0. The number of rotatable bonds is 3. The van der Waals surface area contributed by atoms with Crippen molar-refractivity contribution >= 4 is 43.3 Å². The lowest BCUT2D eigenvalue weighted by Crippen LogP contribution is -2.23. The molecule has 2 aliphatic carbocycles. The van der Waals surface area contributed by atoms with Gasteiger partial charge in [-0.3, -0.25) is 0 Å². The third-order valence-corrected chi connectivity index (χ3v) is 10.2. The van der Waals surface area contributed by atoms with Crippen molar-refractivity contribution in [3.8, 4) is 22.3 Å². The molecule has 0 radical (unpaired) electrons. The number of ether oxygens (including phenoxy) is 1. The molecule has 2 heteroatoms. The molecule has 3 aliphatic rings. The Bertz CT molecular complexity index is 2430. The number of fused-ring (bicyclic) bond motifs is 7. The van der Waals surface area contributed by atoms with Gasteiger partial charge in [0, 0.05) is 23.1 Å². The quantitative estimate of drug-likeness (QED) is 0.191. The molecular formula is C44H30O2. The summed E-state index contributed by atoms with van der Waals surface area (Å²) in [6, 6.07) is 42.1. The molecule has 1 fully saturated rings. The minimum Gasteiger partial charge on any atom is -0.490 e. The van der Waals surface area contributed by atoms with Gasteiger partial charge in [-0.05, 0) is 91.0 Å². The van der Waals surface area contributed by atoms with Gasteiger partial charge in [-0.2, -0.15) is 0 Å². The smallest absolute Gasteiger partial charge is 0.134 e. The van der Waals surface area contributed by atoms with E-state index in [9.17, 15) is 0 Å². The van der Waals surface area contributed by atoms with E-state index in [-0.39, 0.29) is 17.9 Å². The molecule has 218 valence electrons. The summed E-state index contributed by atoms with van der Waals surface area (Å²) in [4.78, 5) is 0. The molecule has 7 aromatic rings. The minimum atomic E-state index is 0.0961. The molecule has 46 heavy (non-hydrogen) atoms. The van der Waals surface area contributed by atoms with Crippen LogP contribution in [0.4, 0.5) is 0 Å². The number of benzene rings is 6. The first-order valence-electron chi connectivity index (χ1n) is 16.2. The molecule has 2 heterocycles. The molecule has 4 atom stereocenters. The van der Waals surface area contributed by atoms with E-state index in [0.717, 1.165) is 22.5 Å². The van der Waals surface area contributed by atoms with Gasteiger partial charge in [0.1, 0.15) is 23.2 Å². The Morgan fingerprint density at radius 3 is 1.87 bits per heavy atom. The van der Waals surface area contributed by atoms with Crippen LogP contribution in [0, 0.1) is 11.8 Å². The highest BCUT2D eigenvalue weighted by atomic mass is 16.5. The highest BCUT2D eigenvalue weighted by Gasteiger charge is 2.45. The zero-order valence-corrected chi connectivity index (χ0v) is 25.1. The van der Waals surface area contributed by atoms with E-state index in [1.807, 2.05) is 0 Å². The first kappa shape index (κ1) is 25.7. The molecule has 2 nitrogen and oxygen atoms in total. The summed E-state index contributed by atoms with van der Waals surface area (Å²) >= 11 is 0. The lowest BCUT2D eigenvalue weighted by molar-refractivity contribution is 0.184. The van der Waals surface area contributed by atoms with Gasteiger partial charge in [0.15, 0.2) is 0 Å². The maximum Gasteiger partial charge on any atom is 0.134 e. The van der Waals surface area contributed by atoms with Gasteiger partial charge in [0.2, 0.25) is 0 Å². The molecule has 0 N–H and O–H groups in total. The van der Waals surface area contributed by atoms with E-state index < -0.39 is 0 Å². The lowest BCUT2D eigenvalue weighted by atomic mass is 9.75. The van der Waals surface area contributed by atoms with Crippen LogP contribution < -0.4 is 0 Å². The van der Waals surface area contributed by atoms with Crippen LogP contribution in [0.5, 0.6) is 0 Å². The normalized spacial score (nSPS) is 21.5. The largest absolute Gasteiger partial charge is 0.490 e. The van der Waals surface area contributed by atoms with Crippen LogP contribution in [0.3, 0.4) is 0 Å². The van der Waals surface area contributed by atoms with Crippen LogP contribution in [0.25, 0.3) is 65.5 Å². The molecule has 0 spiro atoms. The minimum absolute atomic E-state index is 0.0961. The Labute approximate surface area is 267 Å². The van der Waals surface area contributed by atoms with Crippen molar-refractivity contribution in [3.05, 3.63) is 169 Å². The molecule has 1 aliphatic heterocycles. The molecule has 0 amide bonds. The maximum atomic E-state index is 6.60. The molecule has 1 aromatic heterocycles. The third-order valence-electron chi connectivity index (χ3n) is 10.2. The zero-order valence-electron chi connectivity index (χ0n) is 25.1. The fourth-order valence-corrected chi connectivity index (χ4v) is 8.18. The lowest BCUT2D eigenvalue weighted by Gasteiger charge is -2.25. The molecule has 6 aromatic carbocycles. The van der Waals surface area contributed by atoms with E-state index in [2.05, 4.69) is 158 Å². The predicted molar refractivity (Wildman–Crippen MR) is 190 cm³/mol. The first-order valence-corrected chi connectivity index (χ1v) is 16.2. The van der Waals surface area contributed by atoms with E-state index in [0.29, 0.717) is 5.92 Å². The second kappa shape index (κ2) is 9.95. The van der Waals surface area contributed by atoms with Crippen molar-refractivity contribution < 1.29 is 9.15 Å². The van der Waals surface area contributed by atoms with Gasteiger partial charge in [-0.1, -0.05) is 121 Å². The fraction of sp³-hybridized carbons (Fsp3) is 0.0909. The van der Waals surface area contributed by atoms with Gasteiger partial charge >= 0.3 is 0 Å². The van der Waals surface area contributed by atoms with Crippen LogP contribution in [-0.4, -0.2) is 6.10 Å². The highest BCUT2D eigenvalue weighted by Crippen LogP contribution is 2.50. The molecular weight excluding hydrogens is 560 g/mol. The van der Waals surface area contributed by atoms with Crippen LogP contribution in [-0.2, 0) is 4.74 Å². The Morgan fingerprint density at radius 2 is 1.13 bits per heavy atom. The first-order chi connectivity index (χ1) is 22.8. The SMILES string of the molecule is C1=CC2OC3=CC=CC(c4cc5cc(-c6c7ccccc7c(-c7ccc8ccccc8c7)c7ccccc67)ccc5o4)C3C2C=C1. The highest BCUT2D eigenvalue weighted by molar-refractivity contribution is 6.22. The van der Waals surface area contributed by atoms with Crippen LogP contribution in [0.1, 0.15) is 11.7 Å². The monoisotopic (exact) mass is 590 g/mol. The Hall–Kier alpha value is -5.60. The van der Waals surface area contributed by atoms with E-state index in [1.165, 1.54) is 54.6 Å². The van der Waals surface area contributed by atoms with E-state index >= 15 is 0 Å². The topological polar surface area (TPSA) is 22.4 Å². The van der Waals surface area contributed by atoms with Crippen LogP contribution in [0.15, 0.2) is 168 Å². The zero-order chi connectivity index (χ0) is 30.2. The molecule has 0 saturated carbocycles. The second-order valence-corrected chi connectivity index (χ2v) is 12.7. The van der Waals surface area contributed by atoms with Crippen molar-refractivity contribution in [2.75, 3.05) is 0 Å². The third kappa shape index (κ3) is 3.83. The van der Waals surface area contributed by atoms with Gasteiger partial charge in [0.25, 0.3) is 0 Å². The average molecular weight is 591 g/mol. The Balaban J connectivity index is 1.13. The standard InChI is InChI=1S/C44H30O2/c1-2-11-28-24-29(21-20-27(28)10-1)42-32-12-3-5-14-34(32)43(35-15-6-4-13-33(35)42)30-22-23-38-31(25-30)26-41(45-38)37-17-9-19-40-44(37)36-16-7-8-18-39(36)46-40/h1-26,36-37,39,44H.